The Labute approximate surface area is 116 Å². The van der Waals surface area contributed by atoms with E-state index in [4.69, 9.17) is 0 Å². The molecular formula is C17H14NO2+. The van der Waals surface area contributed by atoms with Crippen molar-refractivity contribution in [2.24, 2.45) is 0 Å². The minimum absolute atomic E-state index is 0.0649. The Kier molecular flexibility index (Phi) is 3.17. The van der Waals surface area contributed by atoms with Crippen molar-refractivity contribution < 1.29 is 14.5 Å². The van der Waals surface area contributed by atoms with Crippen LogP contribution in [0.1, 0.15) is 10.4 Å². The molecule has 1 N–H and O–H groups in total. The van der Waals surface area contributed by atoms with Gasteiger partial charge in [0.15, 0.2) is 12.4 Å². The van der Waals surface area contributed by atoms with Gasteiger partial charge >= 0.3 is 0 Å². The van der Waals surface area contributed by atoms with Gasteiger partial charge in [0.05, 0.1) is 0 Å². The third kappa shape index (κ3) is 2.38. The summed E-state index contributed by atoms with van der Waals surface area (Å²) in [5, 5.41) is 11.4. The van der Waals surface area contributed by atoms with Crippen molar-refractivity contribution in [1.82, 2.24) is 0 Å². The summed E-state index contributed by atoms with van der Waals surface area (Å²) in [5.41, 5.74) is 0.705. The van der Waals surface area contributed by atoms with Gasteiger partial charge in [-0.25, -0.2) is 0 Å². The number of aromatic hydroxyl groups is 1. The van der Waals surface area contributed by atoms with Crippen molar-refractivity contribution in [2.75, 3.05) is 0 Å². The van der Waals surface area contributed by atoms with Gasteiger partial charge in [-0.3, -0.25) is 4.79 Å². The van der Waals surface area contributed by atoms with Crippen molar-refractivity contribution >= 4 is 16.6 Å². The van der Waals surface area contributed by atoms with Crippen LogP contribution in [-0.4, -0.2) is 10.9 Å². The van der Waals surface area contributed by atoms with Gasteiger partial charge in [0.1, 0.15) is 5.75 Å². The lowest BCUT2D eigenvalue weighted by Crippen LogP contribution is -2.37. The Morgan fingerprint density at radius 1 is 1.00 bits per heavy atom. The largest absolute Gasteiger partial charge is 0.507 e. The summed E-state index contributed by atoms with van der Waals surface area (Å²) in [6, 6.07) is 16.4. The zero-order valence-electron chi connectivity index (χ0n) is 10.9. The normalized spacial score (nSPS) is 10.6. The first kappa shape index (κ1) is 12.4. The molecule has 0 fully saturated rings. The van der Waals surface area contributed by atoms with Gasteiger partial charge in [-0.05, 0) is 12.1 Å². The van der Waals surface area contributed by atoms with E-state index in [0.29, 0.717) is 5.56 Å². The van der Waals surface area contributed by atoms with Crippen molar-refractivity contribution in [3.8, 4) is 5.75 Å². The van der Waals surface area contributed by atoms with Gasteiger partial charge in [0, 0.05) is 22.4 Å². The summed E-state index contributed by atoms with van der Waals surface area (Å²) in [7, 11) is 0. The predicted octanol–water partition coefficient (Wildman–Crippen LogP) is 2.72. The first-order chi connectivity index (χ1) is 9.74. The van der Waals surface area contributed by atoms with E-state index in [1.54, 1.807) is 12.1 Å². The number of carbonyl (C=O) groups is 1. The number of rotatable bonds is 3. The second kappa shape index (κ2) is 5.13. The summed E-state index contributed by atoms with van der Waals surface area (Å²) in [4.78, 5) is 12.1. The number of hydrogen-bond donors (Lipinski definition) is 1. The van der Waals surface area contributed by atoms with Crippen molar-refractivity contribution in [1.29, 1.82) is 0 Å². The predicted molar refractivity (Wildman–Crippen MR) is 76.6 cm³/mol. The molecule has 1 aromatic heterocycles. The number of nitrogens with zero attached hydrogens (tertiary/aromatic N) is 1. The fourth-order valence-electron chi connectivity index (χ4n) is 2.24. The van der Waals surface area contributed by atoms with Crippen LogP contribution >= 0.6 is 0 Å². The highest BCUT2D eigenvalue weighted by Crippen LogP contribution is 2.22. The van der Waals surface area contributed by atoms with Crippen LogP contribution in [0.15, 0.2) is 67.0 Å². The summed E-state index contributed by atoms with van der Waals surface area (Å²) in [6.07, 6.45) is 3.68. The maximum absolute atomic E-state index is 12.1. The van der Waals surface area contributed by atoms with E-state index >= 15 is 0 Å². The maximum Gasteiger partial charge on any atom is 0.227 e. The molecule has 0 radical (unpaired) electrons. The summed E-state index contributed by atoms with van der Waals surface area (Å²) >= 11 is 0. The number of carbonyl (C=O) groups excluding carboxylic acids is 1. The Bertz CT molecular complexity index is 766. The van der Waals surface area contributed by atoms with E-state index in [-0.39, 0.29) is 18.1 Å². The molecule has 0 saturated heterocycles. The molecule has 3 heteroatoms. The topological polar surface area (TPSA) is 41.2 Å². The molecule has 0 bridgehead atoms. The first-order valence-electron chi connectivity index (χ1n) is 6.43. The molecule has 0 aliphatic heterocycles. The fourth-order valence-corrected chi connectivity index (χ4v) is 2.24. The van der Waals surface area contributed by atoms with E-state index in [9.17, 15) is 9.90 Å². The van der Waals surface area contributed by atoms with Gasteiger partial charge in [-0.15, -0.1) is 0 Å². The highest BCUT2D eigenvalue weighted by atomic mass is 16.3. The molecule has 0 aliphatic rings. The average Bonchev–Trinajstić information content (AvgIpc) is 2.48. The van der Waals surface area contributed by atoms with Gasteiger partial charge in [-0.1, -0.05) is 36.4 Å². The smallest absolute Gasteiger partial charge is 0.227 e. The average molecular weight is 264 g/mol. The van der Waals surface area contributed by atoms with Gasteiger partial charge in [-0.2, -0.15) is 4.57 Å². The van der Waals surface area contributed by atoms with Crippen molar-refractivity contribution in [3.05, 3.63) is 72.6 Å². The highest BCUT2D eigenvalue weighted by Gasteiger charge is 2.12. The molecule has 3 aromatic rings. The van der Waals surface area contributed by atoms with E-state index < -0.39 is 0 Å². The zero-order chi connectivity index (χ0) is 13.9. The van der Waals surface area contributed by atoms with Crippen LogP contribution in [0.3, 0.4) is 0 Å². The van der Waals surface area contributed by atoms with Crippen molar-refractivity contribution in [2.45, 2.75) is 6.54 Å². The Morgan fingerprint density at radius 3 is 2.60 bits per heavy atom. The molecule has 2 aromatic carbocycles. The van der Waals surface area contributed by atoms with Crippen LogP contribution in [0.5, 0.6) is 5.75 Å². The molecule has 20 heavy (non-hydrogen) atoms. The van der Waals surface area contributed by atoms with Crippen LogP contribution in [-0.2, 0) is 6.54 Å². The maximum atomic E-state index is 12.1. The highest BCUT2D eigenvalue weighted by molar-refractivity contribution is 5.95. The number of phenols is 1. The monoisotopic (exact) mass is 264 g/mol. The molecule has 0 unspecified atom stereocenters. The van der Waals surface area contributed by atoms with E-state index in [0.717, 1.165) is 10.8 Å². The van der Waals surface area contributed by atoms with E-state index in [2.05, 4.69) is 0 Å². The minimum Gasteiger partial charge on any atom is -0.507 e. The number of fused-ring (bicyclic) bond motifs is 1. The Balaban J connectivity index is 1.90. The minimum atomic E-state index is 0.0649. The molecule has 98 valence electrons. The number of hydrogen-bond acceptors (Lipinski definition) is 2. The van der Waals surface area contributed by atoms with Crippen LogP contribution in [0, 0.1) is 0 Å². The second-order valence-corrected chi connectivity index (χ2v) is 4.69. The summed E-state index contributed by atoms with van der Waals surface area (Å²) in [5.74, 6) is 0.319. The SMILES string of the molecule is O=C(C[n+]1ccc2c(O)cccc2c1)c1ccccc1. The molecule has 1 heterocycles. The van der Waals surface area contributed by atoms with Crippen LogP contribution in [0.25, 0.3) is 10.8 Å². The van der Waals surface area contributed by atoms with E-state index in [1.807, 2.05) is 59.4 Å². The third-order valence-electron chi connectivity index (χ3n) is 3.28. The second-order valence-electron chi connectivity index (χ2n) is 4.69. The molecule has 0 spiro atoms. The molecule has 3 nitrogen and oxygen atoms in total. The number of Topliss-reactive ketones (excluding diaryl/α,β-unsaturated/α-hetero) is 1. The van der Waals surface area contributed by atoms with Crippen LogP contribution in [0.4, 0.5) is 0 Å². The molecule has 0 amide bonds. The quantitative estimate of drug-likeness (QED) is 0.583. The number of ketones is 1. The van der Waals surface area contributed by atoms with Gasteiger partial charge in [0.2, 0.25) is 12.3 Å². The molecule has 3 rings (SSSR count). The fraction of sp³-hybridized carbons (Fsp3) is 0.0588. The van der Waals surface area contributed by atoms with Crippen LogP contribution < -0.4 is 4.57 Å². The lowest BCUT2D eigenvalue weighted by Gasteiger charge is -2.01. The summed E-state index contributed by atoms with van der Waals surface area (Å²) in [6.45, 7) is 0.287. The number of aromatic nitrogens is 1. The standard InChI is InChI=1S/C17H13NO2/c19-16-8-4-7-14-11-18(10-9-15(14)16)12-17(20)13-5-2-1-3-6-13/h1-11H,12H2/p+1. The van der Waals surface area contributed by atoms with E-state index in [1.165, 1.54) is 0 Å². The third-order valence-corrected chi connectivity index (χ3v) is 3.28. The molecular weight excluding hydrogens is 250 g/mol. The zero-order valence-corrected chi connectivity index (χ0v) is 10.9. The van der Waals surface area contributed by atoms with Crippen LogP contribution in [0.2, 0.25) is 0 Å². The van der Waals surface area contributed by atoms with Gasteiger partial charge in [0.25, 0.3) is 0 Å². The number of benzene rings is 2. The Morgan fingerprint density at radius 2 is 1.80 bits per heavy atom. The van der Waals surface area contributed by atoms with Crippen molar-refractivity contribution in [3.63, 3.8) is 0 Å². The summed E-state index contributed by atoms with van der Waals surface area (Å²) < 4.78 is 1.83. The Hall–Kier alpha value is -2.68. The first-order valence-corrected chi connectivity index (χ1v) is 6.43. The molecule has 0 aliphatic carbocycles. The lowest BCUT2D eigenvalue weighted by molar-refractivity contribution is -0.681. The van der Waals surface area contributed by atoms with Gasteiger partial charge < -0.3 is 5.11 Å². The number of pyridine rings is 1. The molecule has 0 saturated carbocycles. The lowest BCUT2D eigenvalue weighted by atomic mass is 10.1. The molecule has 0 atom stereocenters. The number of phenolic OH excluding ortho intramolecular Hbond substituents is 1.